The lowest BCUT2D eigenvalue weighted by molar-refractivity contribution is 0.304. The van der Waals surface area contributed by atoms with Gasteiger partial charge < -0.3 is 9.94 Å². The summed E-state index contributed by atoms with van der Waals surface area (Å²) in [4.78, 5) is 0. The highest BCUT2D eigenvalue weighted by Crippen LogP contribution is 2.28. The number of benzene rings is 3. The molecular weight excluding hydrogens is 298 g/mol. The van der Waals surface area contributed by atoms with E-state index in [9.17, 15) is 0 Å². The van der Waals surface area contributed by atoms with Crippen LogP contribution in [0.4, 0.5) is 0 Å². The molecule has 0 amide bonds. The quantitative estimate of drug-likeness (QED) is 0.424. The Labute approximate surface area is 133 Å². The summed E-state index contributed by atoms with van der Waals surface area (Å²) in [6.45, 7) is 0.351. The summed E-state index contributed by atoms with van der Waals surface area (Å²) in [7, 11) is 0. The van der Waals surface area contributed by atoms with Crippen molar-refractivity contribution >= 4 is 28.6 Å². The molecule has 0 aliphatic rings. The first-order valence-electron chi connectivity index (χ1n) is 6.85. The van der Waals surface area contributed by atoms with Gasteiger partial charge in [0, 0.05) is 16.1 Å². The number of hydrogen-bond donors (Lipinski definition) is 1. The van der Waals surface area contributed by atoms with Crippen LogP contribution in [0.25, 0.3) is 10.8 Å². The van der Waals surface area contributed by atoms with Crippen LogP contribution in [0.1, 0.15) is 11.1 Å². The fraction of sp³-hybridized carbons (Fsp3) is 0.0556. The SMILES string of the molecule is O/N=C/c1c(OCc2ccccc2Cl)ccc2ccccc12. The molecule has 110 valence electrons. The van der Waals surface area contributed by atoms with Gasteiger partial charge in [-0.25, -0.2) is 0 Å². The summed E-state index contributed by atoms with van der Waals surface area (Å²) in [6, 6.07) is 19.3. The van der Waals surface area contributed by atoms with Gasteiger partial charge >= 0.3 is 0 Å². The lowest BCUT2D eigenvalue weighted by Crippen LogP contribution is -1.99. The molecule has 0 bridgehead atoms. The van der Waals surface area contributed by atoms with E-state index in [1.54, 1.807) is 0 Å². The van der Waals surface area contributed by atoms with Crippen LogP contribution in [0.5, 0.6) is 5.75 Å². The van der Waals surface area contributed by atoms with Crippen LogP contribution in [-0.4, -0.2) is 11.4 Å². The number of ether oxygens (including phenoxy) is 1. The molecule has 22 heavy (non-hydrogen) atoms. The molecule has 0 saturated heterocycles. The first kappa shape index (κ1) is 14.4. The molecule has 0 saturated carbocycles. The molecular formula is C18H14ClNO2. The summed E-state index contributed by atoms with van der Waals surface area (Å²) in [6.07, 6.45) is 1.39. The third-order valence-corrected chi connectivity index (χ3v) is 3.83. The van der Waals surface area contributed by atoms with E-state index in [1.807, 2.05) is 60.7 Å². The van der Waals surface area contributed by atoms with E-state index >= 15 is 0 Å². The molecule has 1 N–H and O–H groups in total. The second-order valence-corrected chi connectivity index (χ2v) is 5.23. The second kappa shape index (κ2) is 6.50. The third kappa shape index (κ3) is 2.90. The van der Waals surface area contributed by atoms with Crippen molar-refractivity contribution < 1.29 is 9.94 Å². The number of oxime groups is 1. The lowest BCUT2D eigenvalue weighted by Gasteiger charge is -2.12. The second-order valence-electron chi connectivity index (χ2n) is 4.82. The van der Waals surface area contributed by atoms with Gasteiger partial charge in [0.2, 0.25) is 0 Å². The fourth-order valence-corrected chi connectivity index (χ4v) is 2.55. The Kier molecular flexibility index (Phi) is 4.26. The van der Waals surface area contributed by atoms with E-state index in [4.69, 9.17) is 21.5 Å². The standard InChI is InChI=1S/C18H14ClNO2/c19-17-8-4-2-6-14(17)12-22-18-10-9-13-5-1-3-7-15(13)16(18)11-20-21/h1-11,21H,12H2/b20-11+. The zero-order valence-electron chi connectivity index (χ0n) is 11.7. The number of halogens is 1. The molecule has 0 aliphatic carbocycles. The molecule has 0 spiro atoms. The minimum atomic E-state index is 0.351. The van der Waals surface area contributed by atoms with E-state index < -0.39 is 0 Å². The lowest BCUT2D eigenvalue weighted by atomic mass is 10.0. The molecule has 0 fully saturated rings. The zero-order valence-corrected chi connectivity index (χ0v) is 12.5. The van der Waals surface area contributed by atoms with Crippen molar-refractivity contribution in [2.24, 2.45) is 5.16 Å². The maximum atomic E-state index is 8.93. The van der Waals surface area contributed by atoms with Crippen LogP contribution in [0, 0.1) is 0 Å². The molecule has 3 aromatic rings. The molecule has 3 nitrogen and oxygen atoms in total. The maximum absolute atomic E-state index is 8.93. The summed E-state index contributed by atoms with van der Waals surface area (Å²) in [5.74, 6) is 0.649. The zero-order chi connectivity index (χ0) is 15.4. The highest BCUT2D eigenvalue weighted by molar-refractivity contribution is 6.31. The van der Waals surface area contributed by atoms with E-state index in [1.165, 1.54) is 6.21 Å². The average molecular weight is 312 g/mol. The summed E-state index contributed by atoms with van der Waals surface area (Å²) < 4.78 is 5.88. The number of rotatable bonds is 4. The number of hydrogen-bond acceptors (Lipinski definition) is 3. The van der Waals surface area contributed by atoms with Crippen LogP contribution < -0.4 is 4.74 Å². The van der Waals surface area contributed by atoms with Crippen LogP contribution in [-0.2, 0) is 6.61 Å². The van der Waals surface area contributed by atoms with Crippen molar-refractivity contribution in [2.75, 3.05) is 0 Å². The van der Waals surface area contributed by atoms with E-state index in [-0.39, 0.29) is 0 Å². The Morgan fingerprint density at radius 1 is 1.00 bits per heavy atom. The van der Waals surface area contributed by atoms with Crippen LogP contribution in [0.15, 0.2) is 65.8 Å². The van der Waals surface area contributed by atoms with E-state index in [0.717, 1.165) is 21.9 Å². The highest BCUT2D eigenvalue weighted by atomic mass is 35.5. The molecule has 0 radical (unpaired) electrons. The smallest absolute Gasteiger partial charge is 0.129 e. The predicted octanol–water partition coefficient (Wildman–Crippen LogP) is 4.88. The van der Waals surface area contributed by atoms with Crippen LogP contribution >= 0.6 is 11.6 Å². The molecule has 0 atom stereocenters. The molecule has 0 unspecified atom stereocenters. The Morgan fingerprint density at radius 3 is 2.59 bits per heavy atom. The Morgan fingerprint density at radius 2 is 1.77 bits per heavy atom. The van der Waals surface area contributed by atoms with Crippen molar-refractivity contribution in [3.63, 3.8) is 0 Å². The molecule has 3 rings (SSSR count). The van der Waals surface area contributed by atoms with Gasteiger partial charge in [0.1, 0.15) is 12.4 Å². The fourth-order valence-electron chi connectivity index (χ4n) is 2.36. The first-order valence-corrected chi connectivity index (χ1v) is 7.23. The maximum Gasteiger partial charge on any atom is 0.129 e. The highest BCUT2D eigenvalue weighted by Gasteiger charge is 2.08. The van der Waals surface area contributed by atoms with Gasteiger partial charge in [-0.1, -0.05) is 65.3 Å². The van der Waals surface area contributed by atoms with Crippen molar-refractivity contribution in [2.45, 2.75) is 6.61 Å². The molecule has 0 aromatic heterocycles. The summed E-state index contributed by atoms with van der Waals surface area (Å²) >= 11 is 6.14. The molecule has 4 heteroatoms. The molecule has 0 aliphatic heterocycles. The third-order valence-electron chi connectivity index (χ3n) is 3.46. The van der Waals surface area contributed by atoms with Crippen LogP contribution in [0.2, 0.25) is 5.02 Å². The predicted molar refractivity (Wildman–Crippen MR) is 89.1 cm³/mol. The Balaban J connectivity index is 1.96. The number of fused-ring (bicyclic) bond motifs is 1. The summed E-state index contributed by atoms with van der Waals surface area (Å²) in [5.41, 5.74) is 1.65. The van der Waals surface area contributed by atoms with Gasteiger partial charge in [0.15, 0.2) is 0 Å². The Bertz CT molecular complexity index is 830. The van der Waals surface area contributed by atoms with Gasteiger partial charge in [-0.3, -0.25) is 0 Å². The van der Waals surface area contributed by atoms with Crippen molar-refractivity contribution in [3.05, 3.63) is 76.8 Å². The minimum Gasteiger partial charge on any atom is -0.488 e. The minimum absolute atomic E-state index is 0.351. The van der Waals surface area contributed by atoms with E-state index in [2.05, 4.69) is 5.16 Å². The van der Waals surface area contributed by atoms with Crippen molar-refractivity contribution in [1.29, 1.82) is 0 Å². The van der Waals surface area contributed by atoms with Gasteiger partial charge in [0.05, 0.1) is 6.21 Å². The van der Waals surface area contributed by atoms with Crippen molar-refractivity contribution in [1.82, 2.24) is 0 Å². The monoisotopic (exact) mass is 311 g/mol. The van der Waals surface area contributed by atoms with Gasteiger partial charge in [0.25, 0.3) is 0 Å². The first-order chi connectivity index (χ1) is 10.8. The van der Waals surface area contributed by atoms with Gasteiger partial charge in [-0.2, -0.15) is 0 Å². The summed E-state index contributed by atoms with van der Waals surface area (Å²) in [5, 5.41) is 14.8. The van der Waals surface area contributed by atoms with E-state index in [0.29, 0.717) is 17.4 Å². The normalized spacial score (nSPS) is 11.1. The Hall–Kier alpha value is -2.52. The van der Waals surface area contributed by atoms with Gasteiger partial charge in [-0.15, -0.1) is 0 Å². The molecule has 0 heterocycles. The van der Waals surface area contributed by atoms with Crippen molar-refractivity contribution in [3.8, 4) is 5.75 Å². The van der Waals surface area contributed by atoms with Crippen LogP contribution in [0.3, 0.4) is 0 Å². The topological polar surface area (TPSA) is 41.8 Å². The molecule has 3 aromatic carbocycles. The number of nitrogens with zero attached hydrogens (tertiary/aromatic N) is 1. The van der Waals surface area contributed by atoms with Gasteiger partial charge in [-0.05, 0) is 22.9 Å². The average Bonchev–Trinajstić information content (AvgIpc) is 2.55. The largest absolute Gasteiger partial charge is 0.488 e.